The van der Waals surface area contributed by atoms with Crippen molar-refractivity contribution in [3.05, 3.63) is 35.9 Å². The van der Waals surface area contributed by atoms with Crippen LogP contribution in [0.4, 0.5) is 0 Å². The first-order valence-corrected chi connectivity index (χ1v) is 10.8. The molecular formula is C22H30N4O7. The van der Waals surface area contributed by atoms with Crippen molar-refractivity contribution in [3.8, 4) is 0 Å². The lowest BCUT2D eigenvalue weighted by Crippen LogP contribution is -2.57. The number of carbonyl (C=O) groups excluding carboxylic acids is 3. The van der Waals surface area contributed by atoms with Gasteiger partial charge >= 0.3 is 11.9 Å². The van der Waals surface area contributed by atoms with Crippen molar-refractivity contribution >= 4 is 29.7 Å². The first kappa shape index (κ1) is 25.8. The highest BCUT2D eigenvalue weighted by molar-refractivity contribution is 5.94. The standard InChI is InChI=1S/C22H30N4O7/c1-13(22(32)33)24-21(31)17(12-14-6-3-2-4-7-14)26-20(30)16(9-10-18(27)28)25-19(29)15-8-5-11-23-15/h2-4,6-7,13,15-17,23H,5,8-12H2,1H3,(H,24,31)(H,25,29)(H,26,30)(H,27,28)(H,32,33). The van der Waals surface area contributed by atoms with Crippen LogP contribution in [0.1, 0.15) is 38.2 Å². The van der Waals surface area contributed by atoms with Gasteiger partial charge in [0.25, 0.3) is 0 Å². The molecule has 0 aliphatic carbocycles. The molecule has 4 atom stereocenters. The molecule has 1 aromatic rings. The van der Waals surface area contributed by atoms with Crippen LogP contribution in [-0.4, -0.2) is 70.6 Å². The average molecular weight is 463 g/mol. The number of carboxylic acids is 2. The zero-order valence-electron chi connectivity index (χ0n) is 18.4. The molecule has 180 valence electrons. The smallest absolute Gasteiger partial charge is 0.325 e. The maximum absolute atomic E-state index is 13.0. The van der Waals surface area contributed by atoms with Crippen molar-refractivity contribution in [2.24, 2.45) is 0 Å². The lowest BCUT2D eigenvalue weighted by atomic mass is 10.0. The van der Waals surface area contributed by atoms with E-state index in [0.717, 1.165) is 12.0 Å². The molecule has 3 amide bonds. The van der Waals surface area contributed by atoms with Gasteiger partial charge in [0, 0.05) is 12.8 Å². The number of hydrogen-bond donors (Lipinski definition) is 6. The predicted octanol–water partition coefficient (Wildman–Crippen LogP) is -0.595. The second kappa shape index (κ2) is 12.5. The van der Waals surface area contributed by atoms with Crippen molar-refractivity contribution in [2.75, 3.05) is 6.54 Å². The first-order valence-electron chi connectivity index (χ1n) is 10.8. The zero-order chi connectivity index (χ0) is 24.4. The van der Waals surface area contributed by atoms with Crippen molar-refractivity contribution in [3.63, 3.8) is 0 Å². The van der Waals surface area contributed by atoms with E-state index in [4.69, 9.17) is 10.2 Å². The minimum absolute atomic E-state index is 0.0779. The Balaban J connectivity index is 2.15. The molecule has 0 aromatic heterocycles. The summed E-state index contributed by atoms with van der Waals surface area (Å²) in [5.74, 6) is -4.20. The molecule has 33 heavy (non-hydrogen) atoms. The van der Waals surface area contributed by atoms with Crippen LogP contribution >= 0.6 is 0 Å². The molecule has 0 radical (unpaired) electrons. The second-order valence-electron chi connectivity index (χ2n) is 7.96. The summed E-state index contributed by atoms with van der Waals surface area (Å²) < 4.78 is 0. The summed E-state index contributed by atoms with van der Waals surface area (Å²) in [7, 11) is 0. The van der Waals surface area contributed by atoms with Gasteiger partial charge in [-0.25, -0.2) is 0 Å². The van der Waals surface area contributed by atoms with E-state index in [1.54, 1.807) is 30.3 Å². The van der Waals surface area contributed by atoms with Crippen LogP contribution in [-0.2, 0) is 30.4 Å². The third-order valence-corrected chi connectivity index (χ3v) is 5.30. The van der Waals surface area contributed by atoms with Gasteiger partial charge in [-0.05, 0) is 38.3 Å². The number of hydrogen-bond acceptors (Lipinski definition) is 6. The first-order chi connectivity index (χ1) is 15.7. The molecule has 0 spiro atoms. The van der Waals surface area contributed by atoms with Crippen molar-refractivity contribution in [1.29, 1.82) is 0 Å². The number of carbonyl (C=O) groups is 5. The highest BCUT2D eigenvalue weighted by Gasteiger charge is 2.31. The molecular weight excluding hydrogens is 432 g/mol. The lowest BCUT2D eigenvalue weighted by Gasteiger charge is -2.24. The molecule has 1 fully saturated rings. The number of nitrogens with one attached hydrogen (secondary N) is 4. The van der Waals surface area contributed by atoms with E-state index >= 15 is 0 Å². The number of carboxylic acid groups (broad SMARTS) is 2. The highest BCUT2D eigenvalue weighted by atomic mass is 16.4. The van der Waals surface area contributed by atoms with E-state index in [0.29, 0.717) is 13.0 Å². The second-order valence-corrected chi connectivity index (χ2v) is 7.96. The van der Waals surface area contributed by atoms with Gasteiger partial charge in [0.2, 0.25) is 17.7 Å². The van der Waals surface area contributed by atoms with Crippen LogP contribution in [0.15, 0.2) is 30.3 Å². The predicted molar refractivity (Wildman–Crippen MR) is 117 cm³/mol. The van der Waals surface area contributed by atoms with E-state index in [2.05, 4.69) is 21.3 Å². The lowest BCUT2D eigenvalue weighted by molar-refractivity contribution is -0.141. The molecule has 11 heteroatoms. The Kier molecular flexibility index (Phi) is 9.80. The van der Waals surface area contributed by atoms with E-state index < -0.39 is 53.8 Å². The zero-order valence-corrected chi connectivity index (χ0v) is 18.4. The molecule has 1 saturated heterocycles. The summed E-state index contributed by atoms with van der Waals surface area (Å²) in [6.07, 6.45) is 0.970. The number of aliphatic carboxylic acids is 2. The van der Waals surface area contributed by atoms with E-state index in [-0.39, 0.29) is 19.3 Å². The molecule has 1 heterocycles. The maximum Gasteiger partial charge on any atom is 0.325 e. The van der Waals surface area contributed by atoms with Crippen LogP contribution < -0.4 is 21.3 Å². The fraction of sp³-hybridized carbons (Fsp3) is 0.500. The number of rotatable bonds is 12. The highest BCUT2D eigenvalue weighted by Crippen LogP contribution is 2.08. The van der Waals surface area contributed by atoms with Crippen LogP contribution in [0.3, 0.4) is 0 Å². The molecule has 11 nitrogen and oxygen atoms in total. The van der Waals surface area contributed by atoms with Crippen LogP contribution in [0.2, 0.25) is 0 Å². The van der Waals surface area contributed by atoms with Gasteiger partial charge in [0.1, 0.15) is 18.1 Å². The fourth-order valence-corrected chi connectivity index (χ4v) is 3.42. The van der Waals surface area contributed by atoms with E-state index in [1.165, 1.54) is 6.92 Å². The normalized spacial score (nSPS) is 17.9. The van der Waals surface area contributed by atoms with E-state index in [1.807, 2.05) is 0 Å². The largest absolute Gasteiger partial charge is 0.481 e. The van der Waals surface area contributed by atoms with Crippen molar-refractivity contribution in [2.45, 2.75) is 63.2 Å². The van der Waals surface area contributed by atoms with Gasteiger partial charge < -0.3 is 31.5 Å². The Morgan fingerprint density at radius 3 is 2.24 bits per heavy atom. The van der Waals surface area contributed by atoms with Gasteiger partial charge in [-0.15, -0.1) is 0 Å². The van der Waals surface area contributed by atoms with Gasteiger partial charge in [0.15, 0.2) is 0 Å². The number of amides is 3. The van der Waals surface area contributed by atoms with Gasteiger partial charge in [0.05, 0.1) is 6.04 Å². The molecule has 0 bridgehead atoms. The average Bonchev–Trinajstić information content (AvgIpc) is 3.31. The van der Waals surface area contributed by atoms with Crippen molar-refractivity contribution < 1.29 is 34.2 Å². The Bertz CT molecular complexity index is 856. The SMILES string of the molecule is CC(NC(=O)C(Cc1ccccc1)NC(=O)C(CCC(=O)O)NC(=O)C1CCCN1)C(=O)O. The Hall–Kier alpha value is -3.47. The molecule has 6 N–H and O–H groups in total. The summed E-state index contributed by atoms with van der Waals surface area (Å²) in [6, 6.07) is 4.87. The molecule has 4 unspecified atom stereocenters. The van der Waals surface area contributed by atoms with Gasteiger partial charge in [-0.1, -0.05) is 30.3 Å². The third-order valence-electron chi connectivity index (χ3n) is 5.30. The van der Waals surface area contributed by atoms with Gasteiger partial charge in [-0.3, -0.25) is 24.0 Å². The summed E-state index contributed by atoms with van der Waals surface area (Å²) in [5, 5.41) is 28.6. The summed E-state index contributed by atoms with van der Waals surface area (Å²) in [4.78, 5) is 60.4. The van der Waals surface area contributed by atoms with E-state index in [9.17, 15) is 24.0 Å². The maximum atomic E-state index is 13.0. The molecule has 2 rings (SSSR count). The minimum atomic E-state index is -1.23. The summed E-state index contributed by atoms with van der Waals surface area (Å²) in [6.45, 7) is 1.97. The fourth-order valence-electron chi connectivity index (χ4n) is 3.42. The summed E-state index contributed by atoms with van der Waals surface area (Å²) in [5.41, 5.74) is 0.724. The number of benzene rings is 1. The Labute approximate surface area is 191 Å². The third kappa shape index (κ3) is 8.53. The Morgan fingerprint density at radius 1 is 1.00 bits per heavy atom. The molecule has 1 aromatic carbocycles. The molecule has 0 saturated carbocycles. The molecule has 1 aliphatic heterocycles. The Morgan fingerprint density at radius 2 is 1.67 bits per heavy atom. The summed E-state index contributed by atoms with van der Waals surface area (Å²) >= 11 is 0. The minimum Gasteiger partial charge on any atom is -0.481 e. The van der Waals surface area contributed by atoms with Crippen molar-refractivity contribution in [1.82, 2.24) is 21.3 Å². The quantitative estimate of drug-likeness (QED) is 0.239. The van der Waals surface area contributed by atoms with Gasteiger partial charge in [-0.2, -0.15) is 0 Å². The monoisotopic (exact) mass is 462 g/mol. The van der Waals surface area contributed by atoms with Crippen LogP contribution in [0.25, 0.3) is 0 Å². The van der Waals surface area contributed by atoms with Crippen LogP contribution in [0, 0.1) is 0 Å². The molecule has 1 aliphatic rings. The topological polar surface area (TPSA) is 174 Å². The van der Waals surface area contributed by atoms with Crippen LogP contribution in [0.5, 0.6) is 0 Å².